The summed E-state index contributed by atoms with van der Waals surface area (Å²) < 4.78 is 6.03. The van der Waals surface area contributed by atoms with Crippen molar-refractivity contribution in [3.05, 3.63) is 0 Å². The average molecular weight is 212 g/mol. The highest BCUT2D eigenvalue weighted by atomic mass is 16.5. The van der Waals surface area contributed by atoms with Crippen LogP contribution in [0.2, 0.25) is 0 Å². The van der Waals surface area contributed by atoms with Crippen molar-refractivity contribution in [3.8, 4) is 0 Å². The molecule has 2 rings (SSSR count). The maximum atomic E-state index is 9.60. The second-order valence-electron chi connectivity index (χ2n) is 6.45. The predicted molar refractivity (Wildman–Crippen MR) is 60.8 cm³/mol. The van der Waals surface area contributed by atoms with Gasteiger partial charge < -0.3 is 9.84 Å². The van der Waals surface area contributed by atoms with Crippen molar-refractivity contribution in [2.75, 3.05) is 0 Å². The third-order valence-corrected chi connectivity index (χ3v) is 4.08. The minimum Gasteiger partial charge on any atom is -0.393 e. The molecular formula is C13H24O2. The molecule has 0 bridgehead atoms. The van der Waals surface area contributed by atoms with Gasteiger partial charge >= 0.3 is 0 Å². The first-order valence-corrected chi connectivity index (χ1v) is 6.25. The van der Waals surface area contributed by atoms with Crippen molar-refractivity contribution >= 4 is 0 Å². The number of hydrogen-bond acceptors (Lipinski definition) is 2. The lowest BCUT2D eigenvalue weighted by molar-refractivity contribution is -0.0341. The van der Waals surface area contributed by atoms with E-state index < -0.39 is 0 Å². The zero-order chi connectivity index (χ0) is 11.1. The van der Waals surface area contributed by atoms with E-state index in [9.17, 15) is 5.11 Å². The topological polar surface area (TPSA) is 29.5 Å². The molecule has 3 unspecified atom stereocenters. The summed E-state index contributed by atoms with van der Waals surface area (Å²) in [6.45, 7) is 6.66. The van der Waals surface area contributed by atoms with Gasteiger partial charge in [-0.3, -0.25) is 0 Å². The summed E-state index contributed by atoms with van der Waals surface area (Å²) in [5.41, 5.74) is 0.406. The highest BCUT2D eigenvalue weighted by Gasteiger charge is 2.40. The van der Waals surface area contributed by atoms with E-state index in [4.69, 9.17) is 4.74 Å². The summed E-state index contributed by atoms with van der Waals surface area (Å²) in [7, 11) is 0. The molecule has 0 aromatic carbocycles. The molecule has 0 aromatic rings. The van der Waals surface area contributed by atoms with Gasteiger partial charge in [0.15, 0.2) is 0 Å². The molecule has 1 N–H and O–H groups in total. The molecular weight excluding hydrogens is 188 g/mol. The molecule has 88 valence electrons. The second kappa shape index (κ2) is 3.74. The molecule has 1 aliphatic carbocycles. The smallest absolute Gasteiger partial charge is 0.0631 e. The van der Waals surface area contributed by atoms with E-state index in [2.05, 4.69) is 20.8 Å². The molecule has 1 saturated heterocycles. The number of rotatable bonds is 2. The molecule has 2 aliphatic rings. The number of aliphatic hydroxyl groups is 1. The molecule has 1 heterocycles. The lowest BCUT2D eigenvalue weighted by Crippen LogP contribution is -2.25. The molecule has 0 aromatic heterocycles. The minimum atomic E-state index is -0.0654. The van der Waals surface area contributed by atoms with Gasteiger partial charge in [-0.15, -0.1) is 0 Å². The van der Waals surface area contributed by atoms with Crippen LogP contribution in [0.1, 0.15) is 59.3 Å². The summed E-state index contributed by atoms with van der Waals surface area (Å²) in [5.74, 6) is 0. The van der Waals surface area contributed by atoms with Crippen molar-refractivity contribution in [2.24, 2.45) is 5.41 Å². The van der Waals surface area contributed by atoms with Gasteiger partial charge in [-0.1, -0.05) is 6.92 Å². The van der Waals surface area contributed by atoms with Gasteiger partial charge in [0.2, 0.25) is 0 Å². The van der Waals surface area contributed by atoms with E-state index in [-0.39, 0.29) is 11.7 Å². The average Bonchev–Trinajstić information content (AvgIpc) is 2.56. The Bertz CT molecular complexity index is 237. The van der Waals surface area contributed by atoms with Gasteiger partial charge in [0.25, 0.3) is 0 Å². The molecule has 2 fully saturated rings. The van der Waals surface area contributed by atoms with Crippen LogP contribution in [0.15, 0.2) is 0 Å². The highest BCUT2D eigenvalue weighted by molar-refractivity contribution is 4.91. The van der Waals surface area contributed by atoms with Crippen molar-refractivity contribution in [3.63, 3.8) is 0 Å². The van der Waals surface area contributed by atoms with Crippen LogP contribution < -0.4 is 0 Å². The van der Waals surface area contributed by atoms with Gasteiger partial charge in [0, 0.05) is 0 Å². The van der Waals surface area contributed by atoms with Crippen LogP contribution in [0.25, 0.3) is 0 Å². The molecule has 15 heavy (non-hydrogen) atoms. The SMILES string of the molecule is CC1(CC2CCC(C)(C)O2)CCC(O)C1. The summed E-state index contributed by atoms with van der Waals surface area (Å²) in [6.07, 6.45) is 6.97. The molecule has 3 atom stereocenters. The Morgan fingerprint density at radius 3 is 2.40 bits per heavy atom. The van der Waals surface area contributed by atoms with E-state index in [1.807, 2.05) is 0 Å². The Labute approximate surface area is 93.0 Å². The van der Waals surface area contributed by atoms with E-state index in [1.54, 1.807) is 0 Å². The summed E-state index contributed by atoms with van der Waals surface area (Å²) in [6, 6.07) is 0. The first-order valence-electron chi connectivity index (χ1n) is 6.25. The van der Waals surface area contributed by atoms with E-state index in [1.165, 1.54) is 12.8 Å². The van der Waals surface area contributed by atoms with E-state index in [0.29, 0.717) is 11.5 Å². The van der Waals surface area contributed by atoms with Crippen molar-refractivity contribution in [2.45, 2.75) is 77.1 Å². The largest absolute Gasteiger partial charge is 0.393 e. The summed E-state index contributed by atoms with van der Waals surface area (Å²) in [5, 5.41) is 9.60. The van der Waals surface area contributed by atoms with Crippen LogP contribution in [0.5, 0.6) is 0 Å². The van der Waals surface area contributed by atoms with Gasteiger partial charge in [-0.25, -0.2) is 0 Å². The Hall–Kier alpha value is -0.0800. The Morgan fingerprint density at radius 2 is 1.93 bits per heavy atom. The molecule has 0 radical (unpaired) electrons. The lowest BCUT2D eigenvalue weighted by Gasteiger charge is -2.28. The standard InChI is InChI=1S/C13H24O2/c1-12(2)6-5-11(15-12)9-13(3)7-4-10(14)8-13/h10-11,14H,4-9H2,1-3H3. The zero-order valence-electron chi connectivity index (χ0n) is 10.3. The molecule has 0 spiro atoms. The van der Waals surface area contributed by atoms with Crippen molar-refractivity contribution in [1.29, 1.82) is 0 Å². The zero-order valence-corrected chi connectivity index (χ0v) is 10.3. The first-order chi connectivity index (χ1) is 6.89. The van der Waals surface area contributed by atoms with Crippen LogP contribution in [0.4, 0.5) is 0 Å². The Morgan fingerprint density at radius 1 is 1.20 bits per heavy atom. The Balaban J connectivity index is 1.87. The number of hydrogen-bond donors (Lipinski definition) is 1. The third-order valence-electron chi connectivity index (χ3n) is 4.08. The second-order valence-corrected chi connectivity index (χ2v) is 6.45. The van der Waals surface area contributed by atoms with Crippen LogP contribution in [-0.2, 0) is 4.74 Å². The molecule has 1 aliphatic heterocycles. The first kappa shape index (κ1) is 11.4. The maximum absolute atomic E-state index is 9.60. The van der Waals surface area contributed by atoms with Crippen molar-refractivity contribution < 1.29 is 9.84 Å². The van der Waals surface area contributed by atoms with Crippen LogP contribution in [0, 0.1) is 5.41 Å². The van der Waals surface area contributed by atoms with E-state index >= 15 is 0 Å². The van der Waals surface area contributed by atoms with Gasteiger partial charge in [0.1, 0.15) is 0 Å². The fraction of sp³-hybridized carbons (Fsp3) is 1.00. The van der Waals surface area contributed by atoms with Gasteiger partial charge in [0.05, 0.1) is 17.8 Å². The van der Waals surface area contributed by atoms with Crippen LogP contribution in [-0.4, -0.2) is 22.9 Å². The Kier molecular flexibility index (Phi) is 2.85. The molecule has 1 saturated carbocycles. The third kappa shape index (κ3) is 2.73. The number of ether oxygens (including phenoxy) is 1. The molecule has 0 amide bonds. The summed E-state index contributed by atoms with van der Waals surface area (Å²) in [4.78, 5) is 0. The summed E-state index contributed by atoms with van der Waals surface area (Å²) >= 11 is 0. The molecule has 2 heteroatoms. The van der Waals surface area contributed by atoms with Crippen molar-refractivity contribution in [1.82, 2.24) is 0 Å². The monoisotopic (exact) mass is 212 g/mol. The van der Waals surface area contributed by atoms with Gasteiger partial charge in [-0.05, 0) is 57.8 Å². The highest BCUT2D eigenvalue weighted by Crippen LogP contribution is 2.45. The quantitative estimate of drug-likeness (QED) is 0.762. The van der Waals surface area contributed by atoms with Crippen LogP contribution in [0.3, 0.4) is 0 Å². The number of aliphatic hydroxyl groups excluding tert-OH is 1. The molecule has 2 nitrogen and oxygen atoms in total. The lowest BCUT2D eigenvalue weighted by atomic mass is 9.82. The van der Waals surface area contributed by atoms with Crippen LogP contribution >= 0.6 is 0 Å². The normalized spacial score (nSPS) is 44.8. The fourth-order valence-electron chi connectivity index (χ4n) is 3.24. The predicted octanol–water partition coefficient (Wildman–Crippen LogP) is 2.89. The van der Waals surface area contributed by atoms with Gasteiger partial charge in [-0.2, -0.15) is 0 Å². The minimum absolute atomic E-state index is 0.0654. The van der Waals surface area contributed by atoms with E-state index in [0.717, 1.165) is 25.7 Å². The maximum Gasteiger partial charge on any atom is 0.0631 e. The fourth-order valence-corrected chi connectivity index (χ4v) is 3.24.